The summed E-state index contributed by atoms with van der Waals surface area (Å²) in [4.78, 5) is 30.0. The summed E-state index contributed by atoms with van der Waals surface area (Å²) in [5, 5.41) is 0. The molecule has 8 nitrogen and oxygen atoms in total. The molecular weight excluding hydrogens is 411 g/mol. The zero-order valence-corrected chi connectivity index (χ0v) is 18.3. The SMILES string of the molecule is Cc1c(N2CCCC2=O)cccc1S(=O)(=O)N[C@@H](C)C(=O)N1CCN(CCF)CC1. The first-order chi connectivity index (χ1) is 14.2. The van der Waals surface area contributed by atoms with Crippen molar-refractivity contribution in [1.29, 1.82) is 0 Å². The Balaban J connectivity index is 1.70. The summed E-state index contributed by atoms with van der Waals surface area (Å²) in [6.07, 6.45) is 1.20. The maximum absolute atomic E-state index is 13.0. The van der Waals surface area contributed by atoms with E-state index in [2.05, 4.69) is 4.72 Å². The first kappa shape index (κ1) is 22.6. The Kier molecular flexibility index (Phi) is 7.10. The van der Waals surface area contributed by atoms with Gasteiger partial charge in [-0.2, -0.15) is 4.72 Å². The summed E-state index contributed by atoms with van der Waals surface area (Å²) in [7, 11) is -3.96. The van der Waals surface area contributed by atoms with Gasteiger partial charge in [0, 0.05) is 51.4 Å². The highest BCUT2D eigenvalue weighted by atomic mass is 32.2. The molecule has 1 N–H and O–H groups in total. The van der Waals surface area contributed by atoms with Gasteiger partial charge in [-0.15, -0.1) is 0 Å². The van der Waals surface area contributed by atoms with E-state index < -0.39 is 22.7 Å². The largest absolute Gasteiger partial charge is 0.339 e. The molecule has 0 aromatic heterocycles. The highest BCUT2D eigenvalue weighted by Gasteiger charge is 2.30. The van der Waals surface area contributed by atoms with Crippen LogP contribution in [-0.4, -0.2) is 82.0 Å². The fourth-order valence-electron chi connectivity index (χ4n) is 4.02. The van der Waals surface area contributed by atoms with Crippen molar-refractivity contribution in [3.05, 3.63) is 23.8 Å². The van der Waals surface area contributed by atoms with Crippen LogP contribution >= 0.6 is 0 Å². The molecule has 1 atom stereocenters. The molecule has 1 aromatic rings. The molecule has 30 heavy (non-hydrogen) atoms. The third-order valence-electron chi connectivity index (χ3n) is 5.70. The van der Waals surface area contributed by atoms with Crippen LogP contribution in [0.1, 0.15) is 25.3 Å². The Morgan fingerprint density at radius 2 is 1.90 bits per heavy atom. The molecule has 0 bridgehead atoms. The molecule has 3 rings (SSSR count). The Morgan fingerprint density at radius 1 is 1.20 bits per heavy atom. The second-order valence-electron chi connectivity index (χ2n) is 7.75. The second-order valence-corrected chi connectivity index (χ2v) is 9.43. The molecule has 10 heteroatoms. The molecule has 0 aliphatic carbocycles. The van der Waals surface area contributed by atoms with Crippen molar-refractivity contribution in [2.45, 2.75) is 37.6 Å². The number of benzene rings is 1. The second kappa shape index (κ2) is 9.40. The van der Waals surface area contributed by atoms with Gasteiger partial charge in [0.2, 0.25) is 21.8 Å². The van der Waals surface area contributed by atoms with Gasteiger partial charge < -0.3 is 9.80 Å². The van der Waals surface area contributed by atoms with E-state index in [0.29, 0.717) is 56.9 Å². The van der Waals surface area contributed by atoms with E-state index in [1.165, 1.54) is 13.0 Å². The highest BCUT2D eigenvalue weighted by Crippen LogP contribution is 2.29. The van der Waals surface area contributed by atoms with Crippen LogP contribution in [-0.2, 0) is 19.6 Å². The van der Waals surface area contributed by atoms with E-state index in [-0.39, 0.29) is 16.7 Å². The summed E-state index contributed by atoms with van der Waals surface area (Å²) < 4.78 is 41.0. The van der Waals surface area contributed by atoms with Crippen LogP contribution in [0.2, 0.25) is 0 Å². The average molecular weight is 441 g/mol. The van der Waals surface area contributed by atoms with Crippen molar-refractivity contribution in [3.8, 4) is 0 Å². The lowest BCUT2D eigenvalue weighted by molar-refractivity contribution is -0.134. The predicted molar refractivity (Wildman–Crippen MR) is 112 cm³/mol. The number of hydrogen-bond donors (Lipinski definition) is 1. The van der Waals surface area contributed by atoms with E-state index in [4.69, 9.17) is 0 Å². The van der Waals surface area contributed by atoms with Gasteiger partial charge in [0.15, 0.2) is 0 Å². The lowest BCUT2D eigenvalue weighted by Gasteiger charge is -2.35. The van der Waals surface area contributed by atoms with Crippen LogP contribution in [0, 0.1) is 6.92 Å². The third kappa shape index (κ3) is 4.81. The standard InChI is InChI=1S/C20H29FN4O4S/c1-15-17(25-9-4-7-19(25)26)5-3-6-18(15)30(28,29)22-16(2)20(27)24-13-11-23(10-8-21)12-14-24/h3,5-6,16,22H,4,7-14H2,1-2H3/t16-/m0/s1. The number of anilines is 1. The van der Waals surface area contributed by atoms with Gasteiger partial charge in [-0.1, -0.05) is 6.07 Å². The smallest absolute Gasteiger partial charge is 0.241 e. The van der Waals surface area contributed by atoms with Crippen LogP contribution < -0.4 is 9.62 Å². The fraction of sp³-hybridized carbons (Fsp3) is 0.600. The molecule has 0 spiro atoms. The highest BCUT2D eigenvalue weighted by molar-refractivity contribution is 7.89. The van der Waals surface area contributed by atoms with E-state index in [1.54, 1.807) is 28.9 Å². The Hall–Kier alpha value is -2.04. The number of rotatable bonds is 7. The minimum absolute atomic E-state index is 0.0175. The minimum Gasteiger partial charge on any atom is -0.339 e. The van der Waals surface area contributed by atoms with E-state index >= 15 is 0 Å². The molecule has 0 unspecified atom stereocenters. The van der Waals surface area contributed by atoms with Crippen LogP contribution in [0.5, 0.6) is 0 Å². The van der Waals surface area contributed by atoms with E-state index in [1.807, 2.05) is 4.90 Å². The lowest BCUT2D eigenvalue weighted by Crippen LogP contribution is -2.54. The van der Waals surface area contributed by atoms with Crippen LogP contribution in [0.25, 0.3) is 0 Å². The number of carbonyl (C=O) groups is 2. The molecule has 2 amide bonds. The van der Waals surface area contributed by atoms with Crippen molar-refractivity contribution in [1.82, 2.24) is 14.5 Å². The maximum Gasteiger partial charge on any atom is 0.241 e. The molecule has 0 saturated carbocycles. The zero-order valence-electron chi connectivity index (χ0n) is 17.4. The van der Waals surface area contributed by atoms with Gasteiger partial charge in [0.1, 0.15) is 6.67 Å². The number of nitrogens with zero attached hydrogens (tertiary/aromatic N) is 3. The maximum atomic E-state index is 13.0. The quantitative estimate of drug-likeness (QED) is 0.681. The Labute approximate surface area is 177 Å². The summed E-state index contributed by atoms with van der Waals surface area (Å²) in [5.41, 5.74) is 1.07. The molecule has 2 fully saturated rings. The van der Waals surface area contributed by atoms with Crippen LogP contribution in [0.4, 0.5) is 10.1 Å². The van der Waals surface area contributed by atoms with Crippen molar-refractivity contribution in [3.63, 3.8) is 0 Å². The Bertz CT molecular complexity index is 900. The first-order valence-electron chi connectivity index (χ1n) is 10.2. The van der Waals surface area contributed by atoms with Crippen LogP contribution in [0.3, 0.4) is 0 Å². The fourth-order valence-corrected chi connectivity index (χ4v) is 5.48. The molecule has 0 radical (unpaired) electrons. The van der Waals surface area contributed by atoms with Gasteiger partial charge in [-0.05, 0) is 38.0 Å². The number of amides is 2. The molecule has 2 heterocycles. The number of alkyl halides is 1. The lowest BCUT2D eigenvalue weighted by atomic mass is 10.2. The number of carbonyl (C=O) groups excluding carboxylic acids is 2. The van der Waals surface area contributed by atoms with Gasteiger partial charge in [-0.25, -0.2) is 12.8 Å². The average Bonchev–Trinajstić information content (AvgIpc) is 3.13. The number of sulfonamides is 1. The van der Waals surface area contributed by atoms with E-state index in [9.17, 15) is 22.4 Å². The van der Waals surface area contributed by atoms with Gasteiger partial charge >= 0.3 is 0 Å². The third-order valence-corrected chi connectivity index (χ3v) is 7.38. The zero-order chi connectivity index (χ0) is 21.9. The van der Waals surface area contributed by atoms with Gasteiger partial charge in [0.05, 0.1) is 10.9 Å². The molecular formula is C20H29FN4O4S. The van der Waals surface area contributed by atoms with Crippen molar-refractivity contribution in [2.24, 2.45) is 0 Å². The molecule has 166 valence electrons. The molecule has 2 saturated heterocycles. The minimum atomic E-state index is -3.96. The summed E-state index contributed by atoms with van der Waals surface area (Å²) >= 11 is 0. The van der Waals surface area contributed by atoms with Gasteiger partial charge in [-0.3, -0.25) is 14.5 Å². The first-order valence-corrected chi connectivity index (χ1v) is 11.7. The molecule has 2 aliphatic heterocycles. The van der Waals surface area contributed by atoms with E-state index in [0.717, 1.165) is 6.42 Å². The topological polar surface area (TPSA) is 90.0 Å². The monoisotopic (exact) mass is 440 g/mol. The predicted octanol–water partition coefficient (Wildman–Crippen LogP) is 0.902. The molecule has 2 aliphatic rings. The number of piperazine rings is 1. The number of nitrogens with one attached hydrogen (secondary N) is 1. The normalized spacial score (nSPS) is 19.4. The van der Waals surface area contributed by atoms with Crippen molar-refractivity contribution < 1.29 is 22.4 Å². The van der Waals surface area contributed by atoms with Crippen molar-refractivity contribution >= 4 is 27.5 Å². The van der Waals surface area contributed by atoms with Crippen molar-refractivity contribution in [2.75, 3.05) is 50.8 Å². The Morgan fingerprint density at radius 3 is 2.50 bits per heavy atom. The summed E-state index contributed by atoms with van der Waals surface area (Å²) in [5.74, 6) is -0.321. The number of hydrogen-bond acceptors (Lipinski definition) is 5. The summed E-state index contributed by atoms with van der Waals surface area (Å²) in [6.45, 7) is 5.71. The molecule has 1 aromatic carbocycles. The van der Waals surface area contributed by atoms with Crippen LogP contribution in [0.15, 0.2) is 23.1 Å². The number of halogens is 1. The van der Waals surface area contributed by atoms with Gasteiger partial charge in [0.25, 0.3) is 0 Å². The summed E-state index contributed by atoms with van der Waals surface area (Å²) in [6, 6.07) is 3.90.